The minimum absolute atomic E-state index is 0.631. The van der Waals surface area contributed by atoms with Gasteiger partial charge >= 0.3 is 0 Å². The third-order valence-corrected chi connectivity index (χ3v) is 3.64. The van der Waals surface area contributed by atoms with Crippen molar-refractivity contribution in [1.29, 1.82) is 0 Å². The predicted molar refractivity (Wildman–Crippen MR) is 80.1 cm³/mol. The standard InChI is InChI=1S/C15H14BrClO/c1-10-3-5-14(11(2)7-10)18-15-6-4-12(9-16)8-13(15)17/h3-8H,9H2,1-2H3. The van der Waals surface area contributed by atoms with Crippen LogP contribution in [0.2, 0.25) is 5.02 Å². The fraction of sp³-hybridized carbons (Fsp3) is 0.200. The molecule has 0 spiro atoms. The molecule has 0 aromatic heterocycles. The summed E-state index contributed by atoms with van der Waals surface area (Å²) in [6.45, 7) is 4.09. The summed E-state index contributed by atoms with van der Waals surface area (Å²) in [7, 11) is 0. The molecule has 0 unspecified atom stereocenters. The summed E-state index contributed by atoms with van der Waals surface area (Å²) in [6, 6.07) is 11.9. The largest absolute Gasteiger partial charge is 0.456 e. The summed E-state index contributed by atoms with van der Waals surface area (Å²) in [4.78, 5) is 0. The molecule has 0 fully saturated rings. The highest BCUT2D eigenvalue weighted by Gasteiger charge is 2.06. The zero-order valence-corrected chi connectivity index (χ0v) is 12.7. The van der Waals surface area contributed by atoms with Crippen LogP contribution in [0.25, 0.3) is 0 Å². The summed E-state index contributed by atoms with van der Waals surface area (Å²) in [5.41, 5.74) is 3.46. The van der Waals surface area contributed by atoms with Crippen molar-refractivity contribution in [2.24, 2.45) is 0 Å². The fourth-order valence-corrected chi connectivity index (χ4v) is 2.33. The van der Waals surface area contributed by atoms with Crippen molar-refractivity contribution < 1.29 is 4.74 Å². The van der Waals surface area contributed by atoms with Crippen molar-refractivity contribution in [2.45, 2.75) is 19.2 Å². The van der Waals surface area contributed by atoms with Gasteiger partial charge in [-0.3, -0.25) is 0 Å². The molecular formula is C15H14BrClO. The first kappa shape index (κ1) is 13.4. The first-order valence-corrected chi connectivity index (χ1v) is 7.19. The molecular weight excluding hydrogens is 312 g/mol. The molecule has 0 atom stereocenters. The first-order valence-electron chi connectivity index (χ1n) is 5.69. The maximum Gasteiger partial charge on any atom is 0.146 e. The molecule has 94 valence electrons. The van der Waals surface area contributed by atoms with Gasteiger partial charge in [0.15, 0.2) is 0 Å². The quantitative estimate of drug-likeness (QED) is 0.663. The molecule has 0 aliphatic rings. The highest BCUT2D eigenvalue weighted by Crippen LogP contribution is 2.32. The second-order valence-electron chi connectivity index (χ2n) is 4.27. The van der Waals surface area contributed by atoms with E-state index in [0.717, 1.165) is 22.2 Å². The Hall–Kier alpha value is -0.990. The van der Waals surface area contributed by atoms with Crippen molar-refractivity contribution in [3.05, 3.63) is 58.1 Å². The van der Waals surface area contributed by atoms with Crippen LogP contribution in [0.4, 0.5) is 0 Å². The van der Waals surface area contributed by atoms with Crippen LogP contribution in [0.1, 0.15) is 16.7 Å². The van der Waals surface area contributed by atoms with Crippen LogP contribution in [-0.4, -0.2) is 0 Å². The normalized spacial score (nSPS) is 10.4. The maximum absolute atomic E-state index is 6.20. The van der Waals surface area contributed by atoms with E-state index in [1.165, 1.54) is 5.56 Å². The van der Waals surface area contributed by atoms with E-state index >= 15 is 0 Å². The number of aryl methyl sites for hydroxylation is 2. The summed E-state index contributed by atoms with van der Waals surface area (Å²) < 4.78 is 5.85. The molecule has 1 nitrogen and oxygen atoms in total. The Labute approximate surface area is 121 Å². The van der Waals surface area contributed by atoms with Gasteiger partial charge in [-0.25, -0.2) is 0 Å². The molecule has 0 saturated heterocycles. The van der Waals surface area contributed by atoms with Crippen LogP contribution in [0.15, 0.2) is 36.4 Å². The number of benzene rings is 2. The molecule has 0 heterocycles. The highest BCUT2D eigenvalue weighted by molar-refractivity contribution is 9.08. The number of hydrogen-bond donors (Lipinski definition) is 0. The smallest absolute Gasteiger partial charge is 0.146 e. The predicted octanol–water partition coefficient (Wildman–Crippen LogP) is 5.64. The van der Waals surface area contributed by atoms with E-state index in [9.17, 15) is 0 Å². The molecule has 0 bridgehead atoms. The number of halogens is 2. The molecule has 0 saturated carbocycles. The molecule has 0 amide bonds. The van der Waals surface area contributed by atoms with Crippen molar-refractivity contribution in [3.8, 4) is 11.5 Å². The summed E-state index contributed by atoms with van der Waals surface area (Å²) >= 11 is 9.60. The van der Waals surface area contributed by atoms with Crippen molar-refractivity contribution in [2.75, 3.05) is 0 Å². The van der Waals surface area contributed by atoms with E-state index in [2.05, 4.69) is 28.9 Å². The van der Waals surface area contributed by atoms with Crippen molar-refractivity contribution in [1.82, 2.24) is 0 Å². The topological polar surface area (TPSA) is 9.23 Å². The van der Waals surface area contributed by atoms with Gasteiger partial charge in [0.2, 0.25) is 0 Å². The molecule has 0 aliphatic heterocycles. The fourth-order valence-electron chi connectivity index (χ4n) is 1.74. The zero-order valence-electron chi connectivity index (χ0n) is 10.3. The van der Waals surface area contributed by atoms with Gasteiger partial charge in [0.25, 0.3) is 0 Å². The van der Waals surface area contributed by atoms with E-state index < -0.39 is 0 Å². The SMILES string of the molecule is Cc1ccc(Oc2ccc(CBr)cc2Cl)c(C)c1. The van der Waals surface area contributed by atoms with Gasteiger partial charge in [-0.2, -0.15) is 0 Å². The van der Waals surface area contributed by atoms with Gasteiger partial charge < -0.3 is 4.74 Å². The van der Waals surface area contributed by atoms with Crippen LogP contribution < -0.4 is 4.74 Å². The van der Waals surface area contributed by atoms with Crippen molar-refractivity contribution in [3.63, 3.8) is 0 Å². The molecule has 3 heteroatoms. The van der Waals surface area contributed by atoms with Gasteiger partial charge in [0.05, 0.1) is 5.02 Å². The van der Waals surface area contributed by atoms with Gasteiger partial charge in [0.1, 0.15) is 11.5 Å². The summed E-state index contributed by atoms with van der Waals surface area (Å²) in [6.07, 6.45) is 0. The first-order chi connectivity index (χ1) is 8.60. The molecule has 2 rings (SSSR count). The summed E-state index contributed by atoms with van der Waals surface area (Å²) in [5.74, 6) is 1.53. The van der Waals surface area contributed by atoms with E-state index in [0.29, 0.717) is 10.8 Å². The monoisotopic (exact) mass is 324 g/mol. The molecule has 18 heavy (non-hydrogen) atoms. The second kappa shape index (κ2) is 5.77. The molecule has 2 aromatic rings. The number of rotatable bonds is 3. The van der Waals surface area contributed by atoms with E-state index in [1.54, 1.807) is 0 Å². The Morgan fingerprint density at radius 2 is 1.78 bits per heavy atom. The van der Waals surface area contributed by atoms with Crippen LogP contribution in [0, 0.1) is 13.8 Å². The zero-order chi connectivity index (χ0) is 13.1. The van der Waals surface area contributed by atoms with Crippen LogP contribution in [0.3, 0.4) is 0 Å². The van der Waals surface area contributed by atoms with Gasteiger partial charge in [-0.15, -0.1) is 0 Å². The van der Waals surface area contributed by atoms with E-state index in [1.807, 2.05) is 37.3 Å². The van der Waals surface area contributed by atoms with Gasteiger partial charge in [-0.1, -0.05) is 51.3 Å². The van der Waals surface area contributed by atoms with E-state index in [-0.39, 0.29) is 0 Å². The Bertz CT molecular complexity index is 566. The lowest BCUT2D eigenvalue weighted by atomic mass is 10.1. The Balaban J connectivity index is 2.28. The van der Waals surface area contributed by atoms with Crippen LogP contribution in [0.5, 0.6) is 11.5 Å². The second-order valence-corrected chi connectivity index (χ2v) is 5.24. The third kappa shape index (κ3) is 3.06. The minimum Gasteiger partial charge on any atom is -0.456 e. The minimum atomic E-state index is 0.631. The maximum atomic E-state index is 6.20. The lowest BCUT2D eigenvalue weighted by Gasteiger charge is -2.11. The number of ether oxygens (including phenoxy) is 1. The number of hydrogen-bond acceptors (Lipinski definition) is 1. The highest BCUT2D eigenvalue weighted by atomic mass is 79.9. The van der Waals surface area contributed by atoms with E-state index in [4.69, 9.17) is 16.3 Å². The average Bonchev–Trinajstić information content (AvgIpc) is 2.34. The van der Waals surface area contributed by atoms with Gasteiger partial charge in [0, 0.05) is 5.33 Å². The molecule has 0 radical (unpaired) electrons. The lowest BCUT2D eigenvalue weighted by molar-refractivity contribution is 0.479. The van der Waals surface area contributed by atoms with Gasteiger partial charge in [-0.05, 0) is 43.2 Å². The van der Waals surface area contributed by atoms with Crippen LogP contribution in [-0.2, 0) is 5.33 Å². The Kier molecular flexibility index (Phi) is 4.31. The van der Waals surface area contributed by atoms with Crippen LogP contribution >= 0.6 is 27.5 Å². The Morgan fingerprint density at radius 1 is 1.06 bits per heavy atom. The molecule has 2 aromatic carbocycles. The molecule has 0 aliphatic carbocycles. The number of alkyl halides is 1. The molecule has 0 N–H and O–H groups in total. The lowest BCUT2D eigenvalue weighted by Crippen LogP contribution is -1.90. The third-order valence-electron chi connectivity index (χ3n) is 2.70. The summed E-state index contributed by atoms with van der Waals surface area (Å²) in [5, 5.41) is 1.42. The Morgan fingerprint density at radius 3 is 2.39 bits per heavy atom. The average molecular weight is 326 g/mol. The van der Waals surface area contributed by atoms with Crippen molar-refractivity contribution >= 4 is 27.5 Å².